The van der Waals surface area contributed by atoms with E-state index >= 15 is 0 Å². The predicted molar refractivity (Wildman–Crippen MR) is 188 cm³/mol. The molecule has 2 amide bonds. The average molecular weight is 671 g/mol. The standard InChI is InChI=1S/C21H21N3O3.C17H13N3O3/c1-21(2,3)27-20(25)23-15-5-10-18-14(12-22)13-24(19(18)11-15)16-6-8-17(26-4)9-7-16;1-23-14-5-3-13(4-6-14)20-10-12(9-18)15-7-2-11(8-16(15)20)17(21)19-22/h5-11,13H,1-4H3,(H,23,25);2-8,10,22H,1H3,(H,19,21). The van der Waals surface area contributed by atoms with Crippen LogP contribution in [0.3, 0.4) is 0 Å². The van der Waals surface area contributed by atoms with Crippen molar-refractivity contribution in [1.29, 1.82) is 10.5 Å². The Labute approximate surface area is 288 Å². The number of methoxy groups -OCH3 is 2. The van der Waals surface area contributed by atoms with Crippen LogP contribution in [0.2, 0.25) is 0 Å². The molecule has 2 heterocycles. The highest BCUT2D eigenvalue weighted by atomic mass is 16.6. The van der Waals surface area contributed by atoms with E-state index in [0.717, 1.165) is 39.2 Å². The predicted octanol–water partition coefficient (Wildman–Crippen LogP) is 7.49. The smallest absolute Gasteiger partial charge is 0.412 e. The lowest BCUT2D eigenvalue weighted by molar-refractivity contribution is 0.0635. The van der Waals surface area contributed by atoms with Crippen molar-refractivity contribution in [2.75, 3.05) is 19.5 Å². The summed E-state index contributed by atoms with van der Waals surface area (Å²) in [6, 6.07) is 29.5. The van der Waals surface area contributed by atoms with Gasteiger partial charge in [0.1, 0.15) is 29.2 Å². The van der Waals surface area contributed by atoms with Crippen LogP contribution in [-0.2, 0) is 4.74 Å². The Balaban J connectivity index is 0.000000197. The number of carbonyl (C=O) groups is 2. The normalized spacial score (nSPS) is 10.7. The monoisotopic (exact) mass is 670 g/mol. The molecule has 0 unspecified atom stereocenters. The van der Waals surface area contributed by atoms with E-state index in [0.29, 0.717) is 27.9 Å². The van der Waals surface area contributed by atoms with E-state index in [1.807, 2.05) is 90.6 Å². The van der Waals surface area contributed by atoms with Gasteiger partial charge in [-0.1, -0.05) is 6.07 Å². The quantitative estimate of drug-likeness (QED) is 0.121. The van der Waals surface area contributed by atoms with Crippen LogP contribution in [0.5, 0.6) is 11.5 Å². The molecule has 4 aromatic carbocycles. The number of hydrogen-bond donors (Lipinski definition) is 3. The van der Waals surface area contributed by atoms with Crippen molar-refractivity contribution in [3.8, 4) is 35.0 Å². The highest BCUT2D eigenvalue weighted by Crippen LogP contribution is 2.29. The Hall–Kier alpha value is -6.76. The van der Waals surface area contributed by atoms with Gasteiger partial charge in [-0.15, -0.1) is 0 Å². The molecule has 50 heavy (non-hydrogen) atoms. The third kappa shape index (κ3) is 7.52. The number of nitriles is 2. The van der Waals surface area contributed by atoms with E-state index in [1.54, 1.807) is 56.4 Å². The minimum atomic E-state index is -0.604. The first-order valence-corrected chi connectivity index (χ1v) is 15.3. The van der Waals surface area contributed by atoms with Gasteiger partial charge in [-0.3, -0.25) is 15.3 Å². The molecular weight excluding hydrogens is 636 g/mol. The molecule has 2 aromatic heterocycles. The van der Waals surface area contributed by atoms with Crippen LogP contribution in [0.1, 0.15) is 42.3 Å². The Kier molecular flexibility index (Phi) is 10.1. The molecule has 0 saturated carbocycles. The number of aromatic nitrogens is 2. The fraction of sp³-hybridized carbons (Fsp3) is 0.158. The van der Waals surface area contributed by atoms with Crippen LogP contribution in [0.4, 0.5) is 10.5 Å². The van der Waals surface area contributed by atoms with Crippen molar-refractivity contribution in [3.05, 3.63) is 114 Å². The highest BCUT2D eigenvalue weighted by molar-refractivity contribution is 5.99. The molecule has 0 aliphatic rings. The first-order chi connectivity index (χ1) is 24.0. The fourth-order valence-electron chi connectivity index (χ4n) is 5.25. The third-order valence-electron chi connectivity index (χ3n) is 7.56. The lowest BCUT2D eigenvalue weighted by Gasteiger charge is -2.19. The lowest BCUT2D eigenvalue weighted by Crippen LogP contribution is -2.27. The number of fused-ring (bicyclic) bond motifs is 2. The molecule has 0 aliphatic carbocycles. The van der Waals surface area contributed by atoms with Gasteiger partial charge in [-0.05, 0) is 99.6 Å². The van der Waals surface area contributed by atoms with Crippen LogP contribution >= 0.6 is 0 Å². The largest absolute Gasteiger partial charge is 0.497 e. The molecule has 0 saturated heterocycles. The number of rotatable bonds is 6. The summed E-state index contributed by atoms with van der Waals surface area (Å²) in [6.45, 7) is 5.43. The molecule has 6 rings (SSSR count). The summed E-state index contributed by atoms with van der Waals surface area (Å²) < 4.78 is 19.4. The van der Waals surface area contributed by atoms with Gasteiger partial charge in [0.15, 0.2) is 0 Å². The van der Waals surface area contributed by atoms with Crippen molar-refractivity contribution in [2.24, 2.45) is 0 Å². The summed E-state index contributed by atoms with van der Waals surface area (Å²) in [6.07, 6.45) is 2.97. The van der Waals surface area contributed by atoms with Crippen LogP contribution < -0.4 is 20.3 Å². The maximum Gasteiger partial charge on any atom is 0.412 e. The number of anilines is 1. The second-order valence-electron chi connectivity index (χ2n) is 12.0. The second-order valence-corrected chi connectivity index (χ2v) is 12.0. The van der Waals surface area contributed by atoms with Gasteiger partial charge in [0.05, 0.1) is 36.4 Å². The summed E-state index contributed by atoms with van der Waals surface area (Å²) in [4.78, 5) is 23.7. The van der Waals surface area contributed by atoms with E-state index in [4.69, 9.17) is 19.4 Å². The van der Waals surface area contributed by atoms with Gasteiger partial charge < -0.3 is 23.3 Å². The van der Waals surface area contributed by atoms with Crippen LogP contribution in [-0.4, -0.2) is 46.2 Å². The average Bonchev–Trinajstić information content (AvgIpc) is 3.68. The van der Waals surface area contributed by atoms with Gasteiger partial charge in [0, 0.05) is 45.8 Å². The van der Waals surface area contributed by atoms with Crippen LogP contribution in [0, 0.1) is 22.7 Å². The fourth-order valence-corrected chi connectivity index (χ4v) is 5.25. The van der Waals surface area contributed by atoms with Gasteiger partial charge in [-0.25, -0.2) is 10.3 Å². The van der Waals surface area contributed by atoms with Gasteiger partial charge in [0.25, 0.3) is 5.91 Å². The van der Waals surface area contributed by atoms with Crippen molar-refractivity contribution in [3.63, 3.8) is 0 Å². The van der Waals surface area contributed by atoms with Gasteiger partial charge >= 0.3 is 6.09 Å². The van der Waals surface area contributed by atoms with Gasteiger partial charge in [0.2, 0.25) is 0 Å². The van der Waals surface area contributed by atoms with Crippen molar-refractivity contribution in [1.82, 2.24) is 14.6 Å². The molecule has 0 atom stereocenters. The molecule has 0 radical (unpaired) electrons. The number of hydroxylamine groups is 1. The number of hydrogen-bond acceptors (Lipinski definition) is 8. The molecule has 252 valence electrons. The summed E-state index contributed by atoms with van der Waals surface area (Å²) in [5.41, 5.74) is 6.22. The Morgan fingerprint density at radius 2 is 1.20 bits per heavy atom. The van der Waals surface area contributed by atoms with E-state index in [2.05, 4.69) is 17.5 Å². The SMILES string of the molecule is COc1ccc(-n2cc(C#N)c3ccc(C(=O)NO)cc32)cc1.COc1ccc(-n2cc(C#N)c3ccc(NC(=O)OC(C)(C)C)cc32)cc1. The molecule has 6 aromatic rings. The Morgan fingerprint density at radius 1 is 0.720 bits per heavy atom. The van der Waals surface area contributed by atoms with E-state index in [9.17, 15) is 20.1 Å². The second kappa shape index (κ2) is 14.6. The van der Waals surface area contributed by atoms with Crippen LogP contribution in [0.25, 0.3) is 33.2 Å². The number of ether oxygens (including phenoxy) is 3. The number of amides is 2. The zero-order valence-electron chi connectivity index (χ0n) is 28.0. The van der Waals surface area contributed by atoms with Crippen molar-refractivity contribution >= 4 is 39.5 Å². The van der Waals surface area contributed by atoms with Crippen molar-refractivity contribution < 1.29 is 29.0 Å². The first-order valence-electron chi connectivity index (χ1n) is 15.3. The highest BCUT2D eigenvalue weighted by Gasteiger charge is 2.18. The molecule has 12 heteroatoms. The number of carbonyl (C=O) groups excluding carboxylic acids is 2. The van der Waals surface area contributed by atoms with E-state index < -0.39 is 17.6 Å². The van der Waals surface area contributed by atoms with E-state index in [-0.39, 0.29) is 0 Å². The molecule has 0 fully saturated rings. The molecule has 3 N–H and O–H groups in total. The molecular formula is C38H34N6O6. The van der Waals surface area contributed by atoms with Gasteiger partial charge in [-0.2, -0.15) is 10.5 Å². The summed E-state index contributed by atoms with van der Waals surface area (Å²) in [5.74, 6) is 0.877. The summed E-state index contributed by atoms with van der Waals surface area (Å²) in [5, 5.41) is 31.8. The number of nitrogens with one attached hydrogen (secondary N) is 2. The summed E-state index contributed by atoms with van der Waals surface area (Å²) in [7, 11) is 3.20. The molecule has 0 aliphatic heterocycles. The lowest BCUT2D eigenvalue weighted by atomic mass is 10.1. The Morgan fingerprint density at radius 3 is 1.64 bits per heavy atom. The maximum absolute atomic E-state index is 12.0. The molecule has 0 bridgehead atoms. The molecule has 0 spiro atoms. The zero-order valence-corrected chi connectivity index (χ0v) is 28.0. The summed E-state index contributed by atoms with van der Waals surface area (Å²) >= 11 is 0. The Bertz CT molecular complexity index is 2270. The van der Waals surface area contributed by atoms with Crippen LogP contribution in [0.15, 0.2) is 97.3 Å². The minimum Gasteiger partial charge on any atom is -0.497 e. The maximum atomic E-state index is 12.0. The van der Waals surface area contributed by atoms with E-state index in [1.165, 1.54) is 0 Å². The minimum absolute atomic E-state index is 0.303. The van der Waals surface area contributed by atoms with Crippen molar-refractivity contribution in [2.45, 2.75) is 26.4 Å². The topological polar surface area (TPSA) is 164 Å². The number of benzene rings is 4. The zero-order chi connectivity index (χ0) is 36.0. The number of nitrogens with zero attached hydrogens (tertiary/aromatic N) is 4. The first kappa shape index (κ1) is 34.6. The molecule has 12 nitrogen and oxygen atoms in total. The third-order valence-corrected chi connectivity index (χ3v) is 7.56.